The van der Waals surface area contributed by atoms with Crippen LogP contribution in [0.3, 0.4) is 0 Å². The van der Waals surface area contributed by atoms with E-state index in [0.717, 1.165) is 0 Å². The minimum Gasteiger partial charge on any atom is -0.278 e. The first-order valence-corrected chi connectivity index (χ1v) is 8.53. The summed E-state index contributed by atoms with van der Waals surface area (Å²) in [5.41, 5.74) is -0.0844. The van der Waals surface area contributed by atoms with E-state index in [9.17, 15) is 16.8 Å². The van der Waals surface area contributed by atoms with Crippen molar-refractivity contribution in [3.05, 3.63) is 54.6 Å². The van der Waals surface area contributed by atoms with Gasteiger partial charge >= 0.3 is 0 Å². The van der Waals surface area contributed by atoms with Gasteiger partial charge in [0.1, 0.15) is 4.90 Å². The van der Waals surface area contributed by atoms with E-state index in [-0.39, 0.29) is 15.5 Å². The van der Waals surface area contributed by atoms with Crippen molar-refractivity contribution >= 4 is 25.7 Å². The third kappa shape index (κ3) is 3.16. The lowest BCUT2D eigenvalue weighted by Gasteiger charge is -2.11. The van der Waals surface area contributed by atoms with Gasteiger partial charge in [-0.2, -0.15) is 0 Å². The highest BCUT2D eigenvalue weighted by Gasteiger charge is 2.19. The zero-order valence-corrected chi connectivity index (χ0v) is 11.9. The maximum atomic E-state index is 12.1. The Bertz CT molecular complexity index is 816. The molecule has 0 saturated heterocycles. The van der Waals surface area contributed by atoms with Crippen molar-refractivity contribution in [2.24, 2.45) is 5.14 Å². The van der Waals surface area contributed by atoms with Gasteiger partial charge in [0.2, 0.25) is 10.0 Å². The first-order chi connectivity index (χ1) is 9.31. The highest BCUT2D eigenvalue weighted by Crippen LogP contribution is 2.22. The molecule has 0 amide bonds. The number of benzene rings is 2. The lowest BCUT2D eigenvalue weighted by atomic mass is 10.3. The normalized spacial score (nSPS) is 12.1. The molecule has 0 saturated carbocycles. The lowest BCUT2D eigenvalue weighted by Crippen LogP contribution is -2.18. The highest BCUT2D eigenvalue weighted by molar-refractivity contribution is 7.93. The third-order valence-corrected chi connectivity index (χ3v) is 4.84. The molecule has 3 N–H and O–H groups in total. The number of para-hydroxylation sites is 1. The SMILES string of the molecule is NS(=O)(=O)c1ccccc1NS(=O)(=O)c1ccccc1. The van der Waals surface area contributed by atoms with Crippen LogP contribution in [0.15, 0.2) is 64.4 Å². The average molecular weight is 312 g/mol. The Morgan fingerprint density at radius 1 is 0.800 bits per heavy atom. The molecule has 0 bridgehead atoms. The van der Waals surface area contributed by atoms with E-state index in [0.29, 0.717) is 0 Å². The van der Waals surface area contributed by atoms with Crippen LogP contribution in [0.4, 0.5) is 5.69 Å². The van der Waals surface area contributed by atoms with Crippen molar-refractivity contribution in [1.29, 1.82) is 0 Å². The minimum absolute atomic E-state index is 0.0317. The van der Waals surface area contributed by atoms with Gasteiger partial charge in [0.15, 0.2) is 0 Å². The number of hydrogen-bond donors (Lipinski definition) is 2. The predicted octanol–water partition coefficient (Wildman–Crippen LogP) is 1.13. The molecule has 8 heteroatoms. The van der Waals surface area contributed by atoms with Crippen LogP contribution in [0.5, 0.6) is 0 Å². The minimum atomic E-state index is -4.01. The molecule has 106 valence electrons. The molecule has 2 aromatic carbocycles. The second kappa shape index (κ2) is 5.23. The molecule has 0 fully saturated rings. The van der Waals surface area contributed by atoms with Gasteiger partial charge in [-0.3, -0.25) is 4.72 Å². The maximum absolute atomic E-state index is 12.1. The Hall–Kier alpha value is -1.90. The van der Waals surface area contributed by atoms with Crippen LogP contribution < -0.4 is 9.86 Å². The van der Waals surface area contributed by atoms with Crippen LogP contribution in [0.1, 0.15) is 0 Å². The Morgan fingerprint density at radius 2 is 1.35 bits per heavy atom. The van der Waals surface area contributed by atoms with Crippen LogP contribution in [-0.2, 0) is 20.0 Å². The summed E-state index contributed by atoms with van der Waals surface area (Å²) in [4.78, 5) is -0.247. The Labute approximate surface area is 117 Å². The lowest BCUT2D eigenvalue weighted by molar-refractivity contribution is 0.598. The molecule has 2 rings (SSSR count). The van der Waals surface area contributed by atoms with Crippen LogP contribution in [-0.4, -0.2) is 16.8 Å². The summed E-state index contributed by atoms with van der Waals surface area (Å²) in [7, 11) is -7.88. The molecule has 0 spiro atoms. The summed E-state index contributed by atoms with van der Waals surface area (Å²) in [6.07, 6.45) is 0. The van der Waals surface area contributed by atoms with Crippen molar-refractivity contribution in [2.75, 3.05) is 4.72 Å². The molecule has 0 aliphatic rings. The van der Waals surface area contributed by atoms with Gasteiger partial charge in [-0.1, -0.05) is 30.3 Å². The third-order valence-electron chi connectivity index (χ3n) is 2.49. The van der Waals surface area contributed by atoms with E-state index in [4.69, 9.17) is 5.14 Å². The maximum Gasteiger partial charge on any atom is 0.261 e. The van der Waals surface area contributed by atoms with Crippen LogP contribution in [0.2, 0.25) is 0 Å². The molecule has 6 nitrogen and oxygen atoms in total. The number of nitrogens with one attached hydrogen (secondary N) is 1. The Kier molecular flexibility index (Phi) is 3.80. The van der Waals surface area contributed by atoms with Crippen LogP contribution in [0, 0.1) is 0 Å². The van der Waals surface area contributed by atoms with Gasteiger partial charge in [-0.15, -0.1) is 0 Å². The molecule has 2 aromatic rings. The first kappa shape index (κ1) is 14.5. The average Bonchev–Trinajstić information content (AvgIpc) is 2.39. The van der Waals surface area contributed by atoms with E-state index in [2.05, 4.69) is 4.72 Å². The van der Waals surface area contributed by atoms with Crippen LogP contribution >= 0.6 is 0 Å². The zero-order chi connectivity index (χ0) is 14.8. The fourth-order valence-corrected chi connectivity index (χ4v) is 3.46. The predicted molar refractivity (Wildman–Crippen MR) is 75.1 cm³/mol. The number of rotatable bonds is 4. The molecule has 0 unspecified atom stereocenters. The summed E-state index contributed by atoms with van der Waals surface area (Å²) in [6, 6.07) is 13.2. The standard InChI is InChI=1S/C12H12N2O4S2/c13-19(15,16)12-9-5-4-8-11(12)14-20(17,18)10-6-2-1-3-7-10/h1-9,14H,(H2,13,15,16). The summed E-state index contributed by atoms with van der Waals surface area (Å²) in [6.45, 7) is 0. The van der Waals surface area contributed by atoms with Crippen molar-refractivity contribution < 1.29 is 16.8 Å². The fraction of sp³-hybridized carbons (Fsp3) is 0. The summed E-state index contributed by atoms with van der Waals surface area (Å²) < 4.78 is 49.3. The van der Waals surface area contributed by atoms with Gasteiger partial charge in [0.25, 0.3) is 10.0 Å². The molecule has 0 aromatic heterocycles. The highest BCUT2D eigenvalue weighted by atomic mass is 32.2. The second-order valence-corrected chi connectivity index (χ2v) is 7.17. The van der Waals surface area contributed by atoms with Gasteiger partial charge in [0, 0.05) is 0 Å². The summed E-state index contributed by atoms with van der Waals surface area (Å²) >= 11 is 0. The topological polar surface area (TPSA) is 106 Å². The molecule has 0 aliphatic carbocycles. The van der Waals surface area contributed by atoms with E-state index >= 15 is 0 Å². The summed E-state index contributed by atoms with van der Waals surface area (Å²) in [5.74, 6) is 0. The molecular formula is C12H12N2O4S2. The van der Waals surface area contributed by atoms with E-state index in [1.54, 1.807) is 18.2 Å². The largest absolute Gasteiger partial charge is 0.278 e. The smallest absolute Gasteiger partial charge is 0.261 e. The number of hydrogen-bond acceptors (Lipinski definition) is 4. The Morgan fingerprint density at radius 3 is 1.95 bits per heavy atom. The van der Waals surface area contributed by atoms with Gasteiger partial charge < -0.3 is 0 Å². The molecule has 20 heavy (non-hydrogen) atoms. The van der Waals surface area contributed by atoms with Crippen LogP contribution in [0.25, 0.3) is 0 Å². The zero-order valence-electron chi connectivity index (χ0n) is 10.2. The molecule has 0 radical (unpaired) electrons. The Balaban J connectivity index is 2.46. The van der Waals surface area contributed by atoms with Gasteiger partial charge in [0.05, 0.1) is 10.6 Å². The van der Waals surface area contributed by atoms with Crippen molar-refractivity contribution in [1.82, 2.24) is 0 Å². The van der Waals surface area contributed by atoms with E-state index in [1.807, 2.05) is 0 Å². The van der Waals surface area contributed by atoms with E-state index in [1.165, 1.54) is 36.4 Å². The summed E-state index contributed by atoms with van der Waals surface area (Å²) in [5, 5.41) is 5.05. The van der Waals surface area contributed by atoms with Gasteiger partial charge in [-0.25, -0.2) is 22.0 Å². The number of sulfonamides is 2. The van der Waals surface area contributed by atoms with Crippen molar-refractivity contribution in [3.63, 3.8) is 0 Å². The fourth-order valence-electron chi connectivity index (χ4n) is 1.60. The van der Waals surface area contributed by atoms with E-state index < -0.39 is 20.0 Å². The number of anilines is 1. The van der Waals surface area contributed by atoms with Crippen molar-refractivity contribution in [2.45, 2.75) is 9.79 Å². The number of primary sulfonamides is 1. The molecule has 0 aliphatic heterocycles. The second-order valence-electron chi connectivity index (χ2n) is 3.96. The molecule has 0 heterocycles. The quantitative estimate of drug-likeness (QED) is 0.882. The monoisotopic (exact) mass is 312 g/mol. The first-order valence-electron chi connectivity index (χ1n) is 5.50. The number of nitrogens with two attached hydrogens (primary N) is 1. The van der Waals surface area contributed by atoms with Gasteiger partial charge in [-0.05, 0) is 24.3 Å². The van der Waals surface area contributed by atoms with Crippen molar-refractivity contribution in [3.8, 4) is 0 Å². The molecule has 0 atom stereocenters. The molecular weight excluding hydrogens is 300 g/mol.